The van der Waals surface area contributed by atoms with Crippen LogP contribution < -0.4 is 10.6 Å². The van der Waals surface area contributed by atoms with E-state index >= 15 is 0 Å². The van der Waals surface area contributed by atoms with Gasteiger partial charge < -0.3 is 10.6 Å². The van der Waals surface area contributed by atoms with Gasteiger partial charge in [-0.15, -0.1) is 0 Å². The predicted molar refractivity (Wildman–Crippen MR) is 97.2 cm³/mol. The van der Waals surface area contributed by atoms with Gasteiger partial charge in [-0.05, 0) is 63.8 Å². The minimum absolute atomic E-state index is 0.0656. The summed E-state index contributed by atoms with van der Waals surface area (Å²) in [5, 5.41) is 5.88. The molecule has 1 fully saturated rings. The van der Waals surface area contributed by atoms with Gasteiger partial charge in [0.05, 0.1) is 0 Å². The summed E-state index contributed by atoms with van der Waals surface area (Å²) in [6.07, 6.45) is 7.70. The van der Waals surface area contributed by atoms with Crippen LogP contribution >= 0.6 is 0 Å². The third-order valence-corrected chi connectivity index (χ3v) is 4.45. The number of hydrogen-bond acceptors (Lipinski definition) is 2. The second-order valence-electron chi connectivity index (χ2n) is 7.83. The summed E-state index contributed by atoms with van der Waals surface area (Å²) in [5.74, 6) is 0.678. The summed E-state index contributed by atoms with van der Waals surface area (Å²) in [4.78, 5) is 24.2. The molecular weight excluding hydrogens is 300 g/mol. The molecular formula is C20H30N2O2. The lowest BCUT2D eigenvalue weighted by Gasteiger charge is -2.20. The van der Waals surface area contributed by atoms with Crippen molar-refractivity contribution in [2.75, 3.05) is 6.54 Å². The largest absolute Gasteiger partial charge is 0.352 e. The Morgan fingerprint density at radius 2 is 1.54 bits per heavy atom. The predicted octanol–water partition coefficient (Wildman–Crippen LogP) is 3.92. The summed E-state index contributed by atoms with van der Waals surface area (Å²) in [7, 11) is 0. The fraction of sp³-hybridized carbons (Fsp3) is 0.600. The summed E-state index contributed by atoms with van der Waals surface area (Å²) in [6.45, 7) is 6.55. The Morgan fingerprint density at radius 1 is 1.00 bits per heavy atom. The minimum Gasteiger partial charge on any atom is -0.352 e. The lowest BCUT2D eigenvalue weighted by molar-refractivity contribution is 0.0915. The highest BCUT2D eigenvalue weighted by atomic mass is 16.2. The van der Waals surface area contributed by atoms with Gasteiger partial charge in [0, 0.05) is 23.2 Å². The lowest BCUT2D eigenvalue weighted by atomic mass is 10.0. The Kier molecular flexibility index (Phi) is 6.41. The minimum atomic E-state index is -0.271. The van der Waals surface area contributed by atoms with E-state index in [9.17, 15) is 9.59 Å². The second kappa shape index (κ2) is 8.32. The van der Waals surface area contributed by atoms with Crippen LogP contribution in [0.3, 0.4) is 0 Å². The van der Waals surface area contributed by atoms with Crippen molar-refractivity contribution in [1.82, 2.24) is 10.6 Å². The average molecular weight is 330 g/mol. The molecule has 0 aromatic heterocycles. The number of carbonyl (C=O) groups excluding carboxylic acids is 2. The molecule has 1 aromatic rings. The van der Waals surface area contributed by atoms with Crippen molar-refractivity contribution in [3.05, 3.63) is 35.4 Å². The molecule has 0 aliphatic heterocycles. The molecule has 0 unspecified atom stereocenters. The number of benzene rings is 1. The molecule has 0 atom stereocenters. The molecule has 0 saturated heterocycles. The first kappa shape index (κ1) is 18.5. The van der Waals surface area contributed by atoms with Gasteiger partial charge in [0.1, 0.15) is 0 Å². The van der Waals surface area contributed by atoms with Crippen LogP contribution in [0.5, 0.6) is 0 Å². The maximum absolute atomic E-state index is 12.1. The molecule has 0 spiro atoms. The quantitative estimate of drug-likeness (QED) is 0.777. The molecule has 1 aromatic carbocycles. The van der Waals surface area contributed by atoms with Crippen molar-refractivity contribution in [3.8, 4) is 0 Å². The van der Waals surface area contributed by atoms with E-state index in [-0.39, 0.29) is 17.4 Å². The van der Waals surface area contributed by atoms with Crippen LogP contribution in [0, 0.1) is 5.92 Å². The molecule has 0 radical (unpaired) electrons. The molecule has 1 aliphatic carbocycles. The van der Waals surface area contributed by atoms with E-state index < -0.39 is 0 Å². The first-order valence-corrected chi connectivity index (χ1v) is 9.06. The van der Waals surface area contributed by atoms with Crippen LogP contribution in [0.25, 0.3) is 0 Å². The highest BCUT2D eigenvalue weighted by molar-refractivity contribution is 5.98. The summed E-state index contributed by atoms with van der Waals surface area (Å²) in [6, 6.07) is 6.83. The van der Waals surface area contributed by atoms with Crippen molar-refractivity contribution in [3.63, 3.8) is 0 Å². The molecule has 2 rings (SSSR count). The van der Waals surface area contributed by atoms with Gasteiger partial charge in [-0.25, -0.2) is 0 Å². The van der Waals surface area contributed by atoms with Crippen LogP contribution in [-0.2, 0) is 0 Å². The summed E-state index contributed by atoms with van der Waals surface area (Å²) in [5.41, 5.74) is 0.901. The summed E-state index contributed by atoms with van der Waals surface area (Å²) < 4.78 is 0. The SMILES string of the molecule is CC(C)(C)NC(=O)c1ccc(C(=O)NCCCC2CCCC2)cc1. The van der Waals surface area contributed by atoms with Crippen molar-refractivity contribution < 1.29 is 9.59 Å². The number of rotatable bonds is 6. The van der Waals surface area contributed by atoms with Crippen molar-refractivity contribution in [1.29, 1.82) is 0 Å². The Morgan fingerprint density at radius 3 is 2.08 bits per heavy atom. The van der Waals surface area contributed by atoms with Gasteiger partial charge in [-0.3, -0.25) is 9.59 Å². The van der Waals surface area contributed by atoms with E-state index in [1.165, 1.54) is 32.1 Å². The van der Waals surface area contributed by atoms with E-state index in [1.54, 1.807) is 24.3 Å². The third kappa shape index (κ3) is 5.99. The van der Waals surface area contributed by atoms with E-state index in [0.717, 1.165) is 18.9 Å². The van der Waals surface area contributed by atoms with Gasteiger partial charge >= 0.3 is 0 Å². The van der Waals surface area contributed by atoms with Crippen LogP contribution in [0.15, 0.2) is 24.3 Å². The molecule has 4 heteroatoms. The van der Waals surface area contributed by atoms with Gasteiger partial charge in [0.2, 0.25) is 0 Å². The Hall–Kier alpha value is -1.84. The number of carbonyl (C=O) groups is 2. The molecule has 2 N–H and O–H groups in total. The van der Waals surface area contributed by atoms with Crippen LogP contribution in [0.1, 0.15) is 80.0 Å². The first-order chi connectivity index (χ1) is 11.3. The number of hydrogen-bond donors (Lipinski definition) is 2. The number of nitrogens with one attached hydrogen (secondary N) is 2. The van der Waals surface area contributed by atoms with Crippen molar-refractivity contribution >= 4 is 11.8 Å². The van der Waals surface area contributed by atoms with Gasteiger partial charge in [0.25, 0.3) is 11.8 Å². The standard InChI is InChI=1S/C20H30N2O2/c1-20(2,3)22-19(24)17-12-10-16(11-13-17)18(23)21-14-6-9-15-7-4-5-8-15/h10-13,15H,4-9,14H2,1-3H3,(H,21,23)(H,22,24). The van der Waals surface area contributed by atoms with E-state index in [1.807, 2.05) is 20.8 Å². The monoisotopic (exact) mass is 330 g/mol. The zero-order chi connectivity index (χ0) is 17.6. The number of amides is 2. The van der Waals surface area contributed by atoms with Crippen LogP contribution in [0.2, 0.25) is 0 Å². The molecule has 24 heavy (non-hydrogen) atoms. The first-order valence-electron chi connectivity index (χ1n) is 9.06. The Bertz CT molecular complexity index is 552. The zero-order valence-corrected chi connectivity index (χ0v) is 15.2. The smallest absolute Gasteiger partial charge is 0.251 e. The highest BCUT2D eigenvalue weighted by Gasteiger charge is 2.16. The maximum atomic E-state index is 12.1. The van der Waals surface area contributed by atoms with E-state index in [4.69, 9.17) is 0 Å². The molecule has 132 valence electrons. The topological polar surface area (TPSA) is 58.2 Å². The lowest BCUT2D eigenvalue weighted by Crippen LogP contribution is -2.40. The second-order valence-corrected chi connectivity index (χ2v) is 7.83. The van der Waals surface area contributed by atoms with Gasteiger partial charge in [0.15, 0.2) is 0 Å². The van der Waals surface area contributed by atoms with Gasteiger partial charge in [-0.2, -0.15) is 0 Å². The molecule has 0 heterocycles. The molecule has 1 saturated carbocycles. The zero-order valence-electron chi connectivity index (χ0n) is 15.2. The van der Waals surface area contributed by atoms with Crippen LogP contribution in [0.4, 0.5) is 0 Å². The highest BCUT2D eigenvalue weighted by Crippen LogP contribution is 2.28. The van der Waals surface area contributed by atoms with E-state index in [2.05, 4.69) is 10.6 Å². The van der Waals surface area contributed by atoms with E-state index in [0.29, 0.717) is 11.1 Å². The van der Waals surface area contributed by atoms with Gasteiger partial charge in [-0.1, -0.05) is 25.7 Å². The Balaban J connectivity index is 1.77. The molecule has 4 nitrogen and oxygen atoms in total. The van der Waals surface area contributed by atoms with Crippen molar-refractivity contribution in [2.24, 2.45) is 5.92 Å². The molecule has 0 bridgehead atoms. The molecule has 2 amide bonds. The third-order valence-electron chi connectivity index (χ3n) is 4.45. The van der Waals surface area contributed by atoms with Crippen molar-refractivity contribution in [2.45, 2.75) is 64.8 Å². The van der Waals surface area contributed by atoms with Crippen LogP contribution in [-0.4, -0.2) is 23.9 Å². The summed E-state index contributed by atoms with van der Waals surface area (Å²) >= 11 is 0. The fourth-order valence-corrected chi connectivity index (χ4v) is 3.18. The average Bonchev–Trinajstić information content (AvgIpc) is 3.03. The fourth-order valence-electron chi connectivity index (χ4n) is 3.18. The molecule has 1 aliphatic rings. The maximum Gasteiger partial charge on any atom is 0.251 e. The Labute approximate surface area is 145 Å². The normalized spacial score (nSPS) is 15.3.